The van der Waals surface area contributed by atoms with E-state index in [1.54, 1.807) is 40.8 Å². The van der Waals surface area contributed by atoms with Crippen LogP contribution < -0.4 is 5.73 Å². The number of fused-ring (bicyclic) bond motifs is 1. The van der Waals surface area contributed by atoms with Crippen LogP contribution >= 0.6 is 23.2 Å². The quantitative estimate of drug-likeness (QED) is 0.638. The Morgan fingerprint density at radius 1 is 1.13 bits per heavy atom. The van der Waals surface area contributed by atoms with E-state index in [2.05, 4.69) is 5.10 Å². The first kappa shape index (κ1) is 21.3. The molecule has 1 aliphatic heterocycles. The van der Waals surface area contributed by atoms with Crippen LogP contribution in [-0.4, -0.2) is 33.0 Å². The van der Waals surface area contributed by atoms with Gasteiger partial charge in [-0.25, -0.2) is 4.39 Å². The summed E-state index contributed by atoms with van der Waals surface area (Å²) >= 11 is 12.1. The molecule has 6 nitrogen and oxygen atoms in total. The summed E-state index contributed by atoms with van der Waals surface area (Å²) in [4.78, 5) is 26.8. The zero-order valence-corrected chi connectivity index (χ0v) is 18.2. The number of carbonyl (C=O) groups excluding carboxylic acids is 2. The van der Waals surface area contributed by atoms with Crippen LogP contribution in [0.4, 0.5) is 4.39 Å². The first-order valence-corrected chi connectivity index (χ1v) is 10.4. The smallest absolute Gasteiger partial charge is 0.252 e. The highest BCUT2D eigenvalue weighted by atomic mass is 35.5. The van der Waals surface area contributed by atoms with Gasteiger partial charge in [-0.05, 0) is 42.3 Å². The minimum absolute atomic E-state index is 0.0677. The molecule has 0 saturated heterocycles. The second kappa shape index (κ2) is 8.32. The Hall–Kier alpha value is -2.90. The van der Waals surface area contributed by atoms with Gasteiger partial charge in [0.05, 0.1) is 40.8 Å². The van der Waals surface area contributed by atoms with Gasteiger partial charge >= 0.3 is 0 Å². The number of aryl methyl sites for hydroxylation is 1. The molecule has 1 aromatic heterocycles. The average molecular weight is 461 g/mol. The Morgan fingerprint density at radius 2 is 1.90 bits per heavy atom. The minimum atomic E-state index is -0.641. The van der Waals surface area contributed by atoms with Crippen LogP contribution in [0.2, 0.25) is 10.0 Å². The Labute approximate surface area is 188 Å². The lowest BCUT2D eigenvalue weighted by Gasteiger charge is -2.28. The van der Waals surface area contributed by atoms with Crippen LogP contribution in [0.1, 0.15) is 27.2 Å². The van der Waals surface area contributed by atoms with Crippen LogP contribution in [0.15, 0.2) is 36.4 Å². The number of benzene rings is 2. The summed E-state index contributed by atoms with van der Waals surface area (Å²) < 4.78 is 15.4. The lowest BCUT2D eigenvalue weighted by molar-refractivity contribution is -0.132. The van der Waals surface area contributed by atoms with Crippen molar-refractivity contribution in [2.75, 3.05) is 6.54 Å². The third-order valence-corrected chi connectivity index (χ3v) is 5.97. The predicted molar refractivity (Wildman–Crippen MR) is 116 cm³/mol. The fourth-order valence-corrected chi connectivity index (χ4v) is 4.13. The van der Waals surface area contributed by atoms with Crippen molar-refractivity contribution in [2.24, 2.45) is 5.73 Å². The van der Waals surface area contributed by atoms with Crippen molar-refractivity contribution < 1.29 is 14.0 Å². The molecule has 2 N–H and O–H groups in total. The molecule has 160 valence electrons. The summed E-state index contributed by atoms with van der Waals surface area (Å²) in [6, 6.07) is 9.52. The predicted octanol–water partition coefficient (Wildman–Crippen LogP) is 3.99. The van der Waals surface area contributed by atoms with Crippen molar-refractivity contribution >= 4 is 35.0 Å². The lowest BCUT2D eigenvalue weighted by atomic mass is 10.0. The fourth-order valence-electron chi connectivity index (χ4n) is 3.84. The Morgan fingerprint density at radius 3 is 2.58 bits per heavy atom. The average Bonchev–Trinajstić information content (AvgIpc) is 3.08. The fraction of sp³-hybridized carbons (Fsp3) is 0.227. The second-order valence-electron chi connectivity index (χ2n) is 7.52. The number of primary amides is 1. The van der Waals surface area contributed by atoms with Gasteiger partial charge in [-0.15, -0.1) is 0 Å². The maximum absolute atomic E-state index is 13.7. The molecule has 2 heterocycles. The van der Waals surface area contributed by atoms with E-state index in [-0.39, 0.29) is 30.3 Å². The number of aromatic nitrogens is 2. The van der Waals surface area contributed by atoms with Gasteiger partial charge in [0.25, 0.3) is 5.91 Å². The molecule has 0 bridgehead atoms. The van der Waals surface area contributed by atoms with Gasteiger partial charge < -0.3 is 10.6 Å². The first-order valence-electron chi connectivity index (χ1n) is 9.61. The molecule has 0 saturated carbocycles. The maximum atomic E-state index is 13.7. The highest BCUT2D eigenvalue weighted by Crippen LogP contribution is 2.32. The molecular weight excluding hydrogens is 442 g/mol. The van der Waals surface area contributed by atoms with Gasteiger partial charge in [0.1, 0.15) is 11.5 Å². The molecule has 2 amide bonds. The summed E-state index contributed by atoms with van der Waals surface area (Å²) in [5.74, 6) is -1.18. The Kier molecular flexibility index (Phi) is 5.73. The number of nitrogens with zero attached hydrogens (tertiary/aromatic N) is 3. The van der Waals surface area contributed by atoms with E-state index in [9.17, 15) is 14.0 Å². The molecule has 4 rings (SSSR count). The zero-order valence-electron chi connectivity index (χ0n) is 16.7. The molecule has 0 spiro atoms. The third-order valence-electron chi connectivity index (χ3n) is 5.23. The molecule has 0 unspecified atom stereocenters. The van der Waals surface area contributed by atoms with Gasteiger partial charge in [0.15, 0.2) is 0 Å². The summed E-state index contributed by atoms with van der Waals surface area (Å²) in [5, 5.41) is 5.26. The molecule has 2 aromatic carbocycles. The van der Waals surface area contributed by atoms with E-state index in [1.165, 1.54) is 12.1 Å². The molecule has 0 aliphatic carbocycles. The topological polar surface area (TPSA) is 81.2 Å². The van der Waals surface area contributed by atoms with Gasteiger partial charge in [-0.2, -0.15) is 5.10 Å². The minimum Gasteiger partial charge on any atom is -0.365 e. The Bertz CT molecular complexity index is 1190. The van der Waals surface area contributed by atoms with Gasteiger partial charge in [0.2, 0.25) is 5.91 Å². The van der Waals surface area contributed by atoms with Crippen molar-refractivity contribution in [3.63, 3.8) is 0 Å². The molecule has 31 heavy (non-hydrogen) atoms. The molecule has 0 radical (unpaired) electrons. The molecule has 3 aromatic rings. The van der Waals surface area contributed by atoms with E-state index in [4.69, 9.17) is 28.9 Å². The van der Waals surface area contributed by atoms with E-state index in [0.29, 0.717) is 45.6 Å². The van der Waals surface area contributed by atoms with Crippen LogP contribution in [0.5, 0.6) is 0 Å². The number of amides is 2. The van der Waals surface area contributed by atoms with Crippen molar-refractivity contribution in [3.8, 4) is 11.3 Å². The number of carbonyl (C=O) groups is 2. The van der Waals surface area contributed by atoms with Gasteiger partial charge in [0, 0.05) is 12.1 Å². The molecule has 9 heteroatoms. The van der Waals surface area contributed by atoms with E-state index in [1.807, 2.05) is 0 Å². The van der Waals surface area contributed by atoms with Crippen molar-refractivity contribution in [3.05, 3.63) is 74.6 Å². The van der Waals surface area contributed by atoms with Crippen molar-refractivity contribution in [2.45, 2.75) is 26.4 Å². The van der Waals surface area contributed by atoms with Crippen molar-refractivity contribution in [1.29, 1.82) is 0 Å². The SMILES string of the molecule is Cc1cc(F)cc(CC(=O)N2CCn3nc(-c4ccc(Cl)c(Cl)c4)c(C(N)=O)c3C2)c1. The normalized spacial score (nSPS) is 13.2. The lowest BCUT2D eigenvalue weighted by Crippen LogP contribution is -2.40. The largest absolute Gasteiger partial charge is 0.365 e. The molecule has 1 aliphatic rings. The number of hydrogen-bond acceptors (Lipinski definition) is 3. The van der Waals surface area contributed by atoms with Crippen LogP contribution in [-0.2, 0) is 24.3 Å². The summed E-state index contributed by atoms with van der Waals surface area (Å²) in [6.45, 7) is 2.78. The number of halogens is 3. The van der Waals surface area contributed by atoms with Gasteiger partial charge in [-0.1, -0.05) is 35.3 Å². The first-order chi connectivity index (χ1) is 14.7. The van der Waals surface area contributed by atoms with Crippen LogP contribution in [0.25, 0.3) is 11.3 Å². The maximum Gasteiger partial charge on any atom is 0.252 e. The molecule has 0 atom stereocenters. The second-order valence-corrected chi connectivity index (χ2v) is 8.33. The summed E-state index contributed by atoms with van der Waals surface area (Å²) in [7, 11) is 0. The number of hydrogen-bond donors (Lipinski definition) is 1. The number of rotatable bonds is 4. The van der Waals surface area contributed by atoms with Crippen molar-refractivity contribution in [1.82, 2.24) is 14.7 Å². The monoisotopic (exact) mass is 460 g/mol. The third kappa shape index (κ3) is 4.29. The molecule has 0 fully saturated rings. The van der Waals surface area contributed by atoms with Crippen LogP contribution in [0.3, 0.4) is 0 Å². The number of nitrogens with two attached hydrogens (primary N) is 1. The van der Waals surface area contributed by atoms with Gasteiger partial charge in [-0.3, -0.25) is 14.3 Å². The highest BCUT2D eigenvalue weighted by Gasteiger charge is 2.29. The summed E-state index contributed by atoms with van der Waals surface area (Å²) in [6.07, 6.45) is 0.0677. The molecular formula is C22H19Cl2FN4O2. The van der Waals surface area contributed by atoms with E-state index < -0.39 is 5.91 Å². The zero-order chi connectivity index (χ0) is 22.3. The standard InChI is InChI=1S/C22H19Cl2FN4O2/c1-12-6-13(8-15(25)7-12)9-19(30)28-4-5-29-18(11-28)20(22(26)31)21(27-29)14-2-3-16(23)17(24)10-14/h2-3,6-8,10H,4-5,9,11H2,1H3,(H2,26,31). The van der Waals surface area contributed by atoms with E-state index in [0.717, 1.165) is 5.56 Å². The summed E-state index contributed by atoms with van der Waals surface area (Å²) in [5.41, 5.74) is 8.84. The highest BCUT2D eigenvalue weighted by molar-refractivity contribution is 6.42. The Balaban J connectivity index is 1.64. The van der Waals surface area contributed by atoms with Crippen LogP contribution in [0, 0.1) is 12.7 Å². The van der Waals surface area contributed by atoms with E-state index >= 15 is 0 Å².